The molecule has 4 heterocycles. The minimum absolute atomic E-state index is 0.0521. The first-order valence-corrected chi connectivity index (χ1v) is 9.73. The Morgan fingerprint density at radius 2 is 2.00 bits per heavy atom. The van der Waals surface area contributed by atoms with Gasteiger partial charge in [-0.3, -0.25) is 19.5 Å². The van der Waals surface area contributed by atoms with Gasteiger partial charge in [-0.1, -0.05) is 11.6 Å². The molecule has 2 atom stereocenters. The van der Waals surface area contributed by atoms with Crippen LogP contribution in [-0.4, -0.2) is 70.8 Å². The summed E-state index contributed by atoms with van der Waals surface area (Å²) in [7, 11) is 1.96. The van der Waals surface area contributed by atoms with Crippen molar-refractivity contribution in [2.24, 2.45) is 5.92 Å². The minimum Gasteiger partial charge on any atom is -0.339 e. The average molecular weight is 370 g/mol. The van der Waals surface area contributed by atoms with Gasteiger partial charge in [0.15, 0.2) is 0 Å². The van der Waals surface area contributed by atoms with Crippen molar-refractivity contribution in [2.75, 3.05) is 33.2 Å². The van der Waals surface area contributed by atoms with Crippen LogP contribution in [0.3, 0.4) is 0 Å². The topological polar surface area (TPSA) is 56.8 Å². The zero-order chi connectivity index (χ0) is 19.4. The Morgan fingerprint density at radius 1 is 1.26 bits per heavy atom. The number of hydrogen-bond acceptors (Lipinski definition) is 4. The fourth-order valence-electron chi connectivity index (χ4n) is 3.95. The quantitative estimate of drug-likeness (QED) is 0.718. The highest BCUT2D eigenvalue weighted by Gasteiger charge is 2.41. The number of pyridine rings is 1. The van der Waals surface area contributed by atoms with E-state index >= 15 is 0 Å². The molecule has 0 spiro atoms. The number of fused-ring (bicyclic) bond motifs is 4. The average Bonchev–Trinajstić information content (AvgIpc) is 2.92. The third-order valence-corrected chi connectivity index (χ3v) is 5.45. The van der Waals surface area contributed by atoms with Gasteiger partial charge in [0.25, 0.3) is 0 Å². The molecule has 6 heteroatoms. The lowest BCUT2D eigenvalue weighted by Gasteiger charge is -2.35. The van der Waals surface area contributed by atoms with Gasteiger partial charge in [-0.05, 0) is 51.4 Å². The van der Waals surface area contributed by atoms with Crippen LogP contribution in [0.2, 0.25) is 0 Å². The zero-order valence-corrected chi connectivity index (χ0v) is 16.6. The molecule has 3 aliphatic rings. The molecule has 3 fully saturated rings. The lowest BCUT2D eigenvalue weighted by molar-refractivity contribution is -0.139. The summed E-state index contributed by atoms with van der Waals surface area (Å²) in [6.45, 7) is 7.05. The molecule has 27 heavy (non-hydrogen) atoms. The largest absolute Gasteiger partial charge is 0.339 e. The van der Waals surface area contributed by atoms with Gasteiger partial charge in [0, 0.05) is 44.6 Å². The van der Waals surface area contributed by atoms with E-state index in [1.54, 1.807) is 12.4 Å². The van der Waals surface area contributed by atoms with Crippen LogP contribution in [0.15, 0.2) is 36.2 Å². The van der Waals surface area contributed by atoms with E-state index in [9.17, 15) is 9.59 Å². The monoisotopic (exact) mass is 370 g/mol. The fraction of sp³-hybridized carbons (Fsp3) is 0.571. The van der Waals surface area contributed by atoms with E-state index < -0.39 is 0 Å². The fourth-order valence-corrected chi connectivity index (χ4v) is 3.95. The SMILES string of the molecule is CC(C)=CCN1C(=O)[C@H]2CC[C@@H]1CN(C(=O)CN(C)Cc1ccncc1)C2. The van der Waals surface area contributed by atoms with Crippen molar-refractivity contribution >= 4 is 11.8 Å². The van der Waals surface area contributed by atoms with Crippen LogP contribution in [-0.2, 0) is 16.1 Å². The standard InChI is InChI=1S/C21H30N4O2/c1-16(2)8-11-25-19-5-4-18(21(25)27)13-24(14-19)20(26)15-23(3)12-17-6-9-22-10-7-17/h6-10,18-19H,4-5,11-15H2,1-3H3/t18-,19+/m0/s1. The Hall–Kier alpha value is -2.21. The second kappa shape index (κ2) is 8.65. The molecule has 2 bridgehead atoms. The molecule has 3 saturated heterocycles. The molecular formula is C21H30N4O2. The van der Waals surface area contributed by atoms with Gasteiger partial charge in [0.2, 0.25) is 11.8 Å². The van der Waals surface area contributed by atoms with Gasteiger partial charge in [0.05, 0.1) is 12.5 Å². The summed E-state index contributed by atoms with van der Waals surface area (Å²) in [5.41, 5.74) is 2.35. The van der Waals surface area contributed by atoms with Gasteiger partial charge >= 0.3 is 0 Å². The number of nitrogens with zero attached hydrogens (tertiary/aromatic N) is 4. The predicted octanol–water partition coefficient (Wildman–Crippen LogP) is 1.93. The molecule has 0 N–H and O–H groups in total. The van der Waals surface area contributed by atoms with E-state index in [1.807, 2.05) is 33.9 Å². The summed E-state index contributed by atoms with van der Waals surface area (Å²) in [6, 6.07) is 4.07. The van der Waals surface area contributed by atoms with Gasteiger partial charge in [0.1, 0.15) is 0 Å². The van der Waals surface area contributed by atoms with E-state index in [2.05, 4.69) is 24.9 Å². The number of amides is 2. The Kier molecular flexibility index (Phi) is 6.26. The van der Waals surface area contributed by atoms with Crippen LogP contribution in [0.5, 0.6) is 0 Å². The third kappa shape index (κ3) is 4.95. The lowest BCUT2D eigenvalue weighted by Crippen LogP contribution is -2.48. The lowest BCUT2D eigenvalue weighted by atomic mass is 9.94. The van der Waals surface area contributed by atoms with Crippen LogP contribution in [0.4, 0.5) is 0 Å². The predicted molar refractivity (Wildman–Crippen MR) is 105 cm³/mol. The Bertz CT molecular complexity index is 699. The van der Waals surface area contributed by atoms with E-state index in [0.29, 0.717) is 32.7 Å². The van der Waals surface area contributed by atoms with E-state index in [-0.39, 0.29) is 23.8 Å². The number of aromatic nitrogens is 1. The highest BCUT2D eigenvalue weighted by atomic mass is 16.2. The summed E-state index contributed by atoms with van der Waals surface area (Å²) in [5.74, 6) is 0.272. The van der Waals surface area contributed by atoms with Gasteiger partial charge < -0.3 is 9.80 Å². The number of likely N-dealkylation sites (N-methyl/N-ethyl adjacent to an activating group) is 1. The molecule has 0 saturated carbocycles. The van der Waals surface area contributed by atoms with Crippen molar-refractivity contribution in [1.29, 1.82) is 0 Å². The third-order valence-electron chi connectivity index (χ3n) is 5.45. The highest BCUT2D eigenvalue weighted by molar-refractivity contribution is 5.84. The molecule has 4 rings (SSSR count). The number of rotatable bonds is 6. The van der Waals surface area contributed by atoms with Gasteiger partial charge in [-0.25, -0.2) is 0 Å². The molecule has 0 aliphatic carbocycles. The number of allylic oxidation sites excluding steroid dienone is 1. The second-order valence-electron chi connectivity index (χ2n) is 8.03. The van der Waals surface area contributed by atoms with Crippen LogP contribution < -0.4 is 0 Å². The Morgan fingerprint density at radius 3 is 2.70 bits per heavy atom. The van der Waals surface area contributed by atoms with Crippen molar-refractivity contribution in [3.63, 3.8) is 0 Å². The van der Waals surface area contributed by atoms with Crippen LogP contribution in [0, 0.1) is 5.92 Å². The molecule has 0 radical (unpaired) electrons. The van der Waals surface area contributed by atoms with Crippen molar-refractivity contribution in [1.82, 2.24) is 19.7 Å². The van der Waals surface area contributed by atoms with Crippen molar-refractivity contribution in [3.8, 4) is 0 Å². The smallest absolute Gasteiger partial charge is 0.236 e. The molecular weight excluding hydrogens is 340 g/mol. The van der Waals surface area contributed by atoms with Gasteiger partial charge in [-0.2, -0.15) is 0 Å². The normalized spacial score (nSPS) is 22.1. The first-order chi connectivity index (χ1) is 12.9. The number of carbonyl (C=O) groups excluding carboxylic acids is 2. The molecule has 2 amide bonds. The molecule has 0 unspecified atom stereocenters. The number of carbonyl (C=O) groups is 2. The summed E-state index contributed by atoms with van der Waals surface area (Å²) in [5, 5.41) is 0. The maximum atomic E-state index is 12.9. The van der Waals surface area contributed by atoms with Gasteiger partial charge in [-0.15, -0.1) is 0 Å². The second-order valence-corrected chi connectivity index (χ2v) is 8.03. The molecule has 3 aliphatic heterocycles. The molecule has 6 nitrogen and oxygen atoms in total. The maximum absolute atomic E-state index is 12.9. The van der Waals surface area contributed by atoms with Crippen molar-refractivity contribution in [3.05, 3.63) is 41.7 Å². The maximum Gasteiger partial charge on any atom is 0.236 e. The van der Waals surface area contributed by atoms with Crippen molar-refractivity contribution < 1.29 is 9.59 Å². The Balaban J connectivity index is 1.61. The highest BCUT2D eigenvalue weighted by Crippen LogP contribution is 2.29. The molecule has 1 aromatic heterocycles. The molecule has 0 aromatic carbocycles. The number of hydrogen-bond donors (Lipinski definition) is 0. The zero-order valence-electron chi connectivity index (χ0n) is 16.6. The molecule has 1 aromatic rings. The number of piperidine rings is 1. The first-order valence-electron chi connectivity index (χ1n) is 9.73. The van der Waals surface area contributed by atoms with E-state index in [0.717, 1.165) is 18.4 Å². The molecule has 146 valence electrons. The first kappa shape index (κ1) is 19.5. The summed E-state index contributed by atoms with van der Waals surface area (Å²) in [4.78, 5) is 35.6. The van der Waals surface area contributed by atoms with Crippen molar-refractivity contribution in [2.45, 2.75) is 39.3 Å². The van der Waals surface area contributed by atoms with Crippen LogP contribution in [0.25, 0.3) is 0 Å². The van der Waals surface area contributed by atoms with E-state index in [4.69, 9.17) is 0 Å². The van der Waals surface area contributed by atoms with E-state index in [1.165, 1.54) is 5.57 Å². The summed E-state index contributed by atoms with van der Waals surface area (Å²) in [6.07, 6.45) is 7.52. The van der Waals surface area contributed by atoms with Crippen LogP contribution in [0.1, 0.15) is 32.3 Å². The summed E-state index contributed by atoms with van der Waals surface area (Å²) >= 11 is 0. The minimum atomic E-state index is -0.0521. The van der Waals surface area contributed by atoms with Crippen LogP contribution >= 0.6 is 0 Å². The summed E-state index contributed by atoms with van der Waals surface area (Å²) < 4.78 is 0. The Labute approximate surface area is 161 Å².